The summed E-state index contributed by atoms with van der Waals surface area (Å²) in [6.07, 6.45) is 4.30. The molecule has 4 rings (SSSR count). The number of imidazole rings is 1. The monoisotopic (exact) mass is 342 g/mol. The molecule has 3 aromatic heterocycles. The number of hydrogen-bond donors (Lipinski definition) is 1. The van der Waals surface area contributed by atoms with Gasteiger partial charge >= 0.3 is 0 Å². The van der Waals surface area contributed by atoms with Gasteiger partial charge in [-0.15, -0.1) is 11.3 Å². The second kappa shape index (κ2) is 5.86. The molecule has 0 saturated carbocycles. The molecular formula is C16H18N6OS. The second-order valence-corrected chi connectivity index (χ2v) is 6.82. The summed E-state index contributed by atoms with van der Waals surface area (Å²) >= 11 is 1.44. The lowest BCUT2D eigenvalue weighted by molar-refractivity contribution is 0.0728. The fourth-order valence-electron chi connectivity index (χ4n) is 3.11. The highest BCUT2D eigenvalue weighted by atomic mass is 32.1. The van der Waals surface area contributed by atoms with Crippen molar-refractivity contribution >= 4 is 17.2 Å². The van der Waals surface area contributed by atoms with Crippen molar-refractivity contribution < 1.29 is 4.79 Å². The number of fused-ring (bicyclic) bond motifs is 1. The van der Waals surface area contributed by atoms with Crippen LogP contribution < -0.4 is 0 Å². The Morgan fingerprint density at radius 3 is 2.92 bits per heavy atom. The zero-order valence-corrected chi connectivity index (χ0v) is 14.4. The Hall–Kier alpha value is -2.48. The fourth-order valence-corrected chi connectivity index (χ4v) is 3.64. The van der Waals surface area contributed by atoms with Crippen LogP contribution in [0.5, 0.6) is 0 Å². The molecule has 0 bridgehead atoms. The minimum Gasteiger partial charge on any atom is -0.343 e. The molecule has 0 fully saturated rings. The van der Waals surface area contributed by atoms with E-state index in [4.69, 9.17) is 5.10 Å². The van der Waals surface area contributed by atoms with E-state index in [0.717, 1.165) is 23.5 Å². The van der Waals surface area contributed by atoms with E-state index < -0.39 is 0 Å². The maximum absolute atomic E-state index is 12.6. The fraction of sp³-hybridized carbons (Fsp3) is 0.375. The Bertz CT molecular complexity index is 850. The van der Waals surface area contributed by atoms with Crippen molar-refractivity contribution in [1.29, 1.82) is 0 Å². The number of hydrogen-bond acceptors (Lipinski definition) is 5. The first-order chi connectivity index (χ1) is 11.6. The lowest BCUT2D eigenvalue weighted by Crippen LogP contribution is -2.36. The molecule has 0 saturated heterocycles. The van der Waals surface area contributed by atoms with Gasteiger partial charge in [0.25, 0.3) is 5.91 Å². The standard InChI is InChI=1S/C16H18N6OS/c1-10(2)22-13-3-6-21(16(23)12-8-24-9-19-12)7-11(13)14(20-22)15-17-4-5-18-15/h4-5,8-10H,3,6-7H2,1-2H3,(H,17,18). The molecule has 1 N–H and O–H groups in total. The molecule has 0 aromatic carbocycles. The highest BCUT2D eigenvalue weighted by Gasteiger charge is 2.30. The summed E-state index contributed by atoms with van der Waals surface area (Å²) in [5, 5.41) is 6.56. The molecule has 7 nitrogen and oxygen atoms in total. The molecule has 0 radical (unpaired) electrons. The van der Waals surface area contributed by atoms with Crippen molar-refractivity contribution in [2.75, 3.05) is 6.54 Å². The van der Waals surface area contributed by atoms with E-state index in [0.29, 0.717) is 18.8 Å². The Labute approximate surface area is 143 Å². The van der Waals surface area contributed by atoms with Crippen LogP contribution in [0.4, 0.5) is 0 Å². The molecule has 3 aromatic rings. The van der Waals surface area contributed by atoms with Crippen LogP contribution in [0.1, 0.15) is 41.6 Å². The Kier molecular flexibility index (Phi) is 3.68. The summed E-state index contributed by atoms with van der Waals surface area (Å²) in [5.41, 5.74) is 5.30. The van der Waals surface area contributed by atoms with Crippen LogP contribution in [0.2, 0.25) is 0 Å². The first-order valence-electron chi connectivity index (χ1n) is 7.92. The molecule has 24 heavy (non-hydrogen) atoms. The third kappa shape index (κ3) is 2.43. The largest absolute Gasteiger partial charge is 0.343 e. The van der Waals surface area contributed by atoms with Crippen LogP contribution >= 0.6 is 11.3 Å². The van der Waals surface area contributed by atoms with E-state index >= 15 is 0 Å². The number of thiazole rings is 1. The zero-order valence-electron chi connectivity index (χ0n) is 13.6. The lowest BCUT2D eigenvalue weighted by Gasteiger charge is -2.27. The van der Waals surface area contributed by atoms with Gasteiger partial charge in [-0.3, -0.25) is 9.48 Å². The molecule has 4 heterocycles. The van der Waals surface area contributed by atoms with Crippen LogP contribution in [-0.2, 0) is 13.0 Å². The average Bonchev–Trinajstić information content (AvgIpc) is 3.32. The van der Waals surface area contributed by atoms with Gasteiger partial charge in [-0.1, -0.05) is 0 Å². The molecule has 124 valence electrons. The smallest absolute Gasteiger partial charge is 0.273 e. The third-order valence-electron chi connectivity index (χ3n) is 4.24. The van der Waals surface area contributed by atoms with Crippen molar-refractivity contribution in [1.82, 2.24) is 29.6 Å². The number of aromatic amines is 1. The molecule has 8 heteroatoms. The van der Waals surface area contributed by atoms with E-state index in [2.05, 4.69) is 33.5 Å². The number of rotatable bonds is 3. The van der Waals surface area contributed by atoms with Gasteiger partial charge in [-0.2, -0.15) is 5.10 Å². The van der Waals surface area contributed by atoms with Gasteiger partial charge < -0.3 is 9.88 Å². The van der Waals surface area contributed by atoms with Crippen molar-refractivity contribution in [3.63, 3.8) is 0 Å². The van der Waals surface area contributed by atoms with Crippen molar-refractivity contribution in [3.8, 4) is 11.5 Å². The normalized spacial score (nSPS) is 14.2. The quantitative estimate of drug-likeness (QED) is 0.793. The van der Waals surface area contributed by atoms with E-state index in [9.17, 15) is 4.79 Å². The van der Waals surface area contributed by atoms with Gasteiger partial charge in [-0.05, 0) is 13.8 Å². The summed E-state index contributed by atoms with van der Waals surface area (Å²) in [6, 6.07) is 0.267. The zero-order chi connectivity index (χ0) is 16.7. The number of nitrogens with zero attached hydrogens (tertiary/aromatic N) is 5. The number of nitrogens with one attached hydrogen (secondary N) is 1. The summed E-state index contributed by atoms with van der Waals surface area (Å²) in [5.74, 6) is 0.721. The van der Waals surface area contributed by atoms with E-state index in [1.807, 2.05) is 4.90 Å². The lowest BCUT2D eigenvalue weighted by atomic mass is 10.0. The van der Waals surface area contributed by atoms with Gasteiger partial charge in [0.15, 0.2) is 5.82 Å². The second-order valence-electron chi connectivity index (χ2n) is 6.10. The van der Waals surface area contributed by atoms with Crippen LogP contribution in [0.25, 0.3) is 11.5 Å². The van der Waals surface area contributed by atoms with Crippen molar-refractivity contribution in [2.45, 2.75) is 32.9 Å². The number of carbonyl (C=O) groups excluding carboxylic acids is 1. The summed E-state index contributed by atoms with van der Waals surface area (Å²) in [6.45, 7) is 5.45. The topological polar surface area (TPSA) is 79.7 Å². The summed E-state index contributed by atoms with van der Waals surface area (Å²) in [7, 11) is 0. The first kappa shape index (κ1) is 15.1. The number of H-pyrrole nitrogens is 1. The Morgan fingerprint density at radius 2 is 2.25 bits per heavy atom. The Morgan fingerprint density at radius 1 is 1.38 bits per heavy atom. The van der Waals surface area contributed by atoms with Gasteiger partial charge in [-0.25, -0.2) is 9.97 Å². The maximum Gasteiger partial charge on any atom is 0.273 e. The van der Waals surface area contributed by atoms with E-state index in [1.165, 1.54) is 17.0 Å². The van der Waals surface area contributed by atoms with Crippen LogP contribution in [-0.4, -0.2) is 42.1 Å². The van der Waals surface area contributed by atoms with Gasteiger partial charge in [0.1, 0.15) is 11.4 Å². The molecule has 0 atom stereocenters. The number of aromatic nitrogens is 5. The first-order valence-corrected chi connectivity index (χ1v) is 8.87. The average molecular weight is 342 g/mol. The number of carbonyl (C=O) groups is 1. The van der Waals surface area contributed by atoms with Crippen molar-refractivity contribution in [3.05, 3.63) is 40.2 Å². The summed E-state index contributed by atoms with van der Waals surface area (Å²) in [4.78, 5) is 26.1. The van der Waals surface area contributed by atoms with Gasteiger partial charge in [0.2, 0.25) is 0 Å². The van der Waals surface area contributed by atoms with Crippen LogP contribution in [0.15, 0.2) is 23.3 Å². The predicted molar refractivity (Wildman–Crippen MR) is 90.8 cm³/mol. The highest BCUT2D eigenvalue weighted by Crippen LogP contribution is 2.30. The molecule has 0 aliphatic carbocycles. The number of amides is 1. The van der Waals surface area contributed by atoms with Crippen LogP contribution in [0.3, 0.4) is 0 Å². The molecule has 0 spiro atoms. The molecular weight excluding hydrogens is 324 g/mol. The molecule has 0 unspecified atom stereocenters. The SMILES string of the molecule is CC(C)n1nc(-c2ncc[nH]2)c2c1CCN(C(=O)c1cscn1)C2. The summed E-state index contributed by atoms with van der Waals surface area (Å²) < 4.78 is 2.05. The van der Waals surface area contributed by atoms with Crippen molar-refractivity contribution in [2.24, 2.45) is 0 Å². The van der Waals surface area contributed by atoms with Gasteiger partial charge in [0.05, 0.1) is 12.1 Å². The third-order valence-corrected chi connectivity index (χ3v) is 4.82. The highest BCUT2D eigenvalue weighted by molar-refractivity contribution is 7.07. The molecule has 1 aliphatic heterocycles. The van der Waals surface area contributed by atoms with E-state index in [-0.39, 0.29) is 11.9 Å². The maximum atomic E-state index is 12.6. The molecule has 1 amide bonds. The predicted octanol–water partition coefficient (Wildman–Crippen LogP) is 2.51. The van der Waals surface area contributed by atoms with Gasteiger partial charge in [0, 0.05) is 48.0 Å². The van der Waals surface area contributed by atoms with E-state index in [1.54, 1.807) is 23.3 Å². The molecule has 1 aliphatic rings. The van der Waals surface area contributed by atoms with Crippen LogP contribution in [0, 0.1) is 0 Å². The Balaban J connectivity index is 1.73. The minimum absolute atomic E-state index is 0.0235. The minimum atomic E-state index is -0.0235.